The summed E-state index contributed by atoms with van der Waals surface area (Å²) in [7, 11) is 0. The maximum absolute atomic E-state index is 12.0. The molecule has 30 heavy (non-hydrogen) atoms. The number of aliphatic carboxylic acids is 1. The number of nitrogens with zero attached hydrogens (tertiary/aromatic N) is 1. The Labute approximate surface area is 187 Å². The molecule has 0 bridgehead atoms. The minimum atomic E-state index is -1.17. The maximum atomic E-state index is 12.0. The molecule has 4 amide bonds. The van der Waals surface area contributed by atoms with Gasteiger partial charge in [0.1, 0.15) is 6.04 Å². The van der Waals surface area contributed by atoms with Crippen LogP contribution in [0.25, 0.3) is 0 Å². The quantitative estimate of drug-likeness (QED) is 0.224. The van der Waals surface area contributed by atoms with E-state index < -0.39 is 17.9 Å². The van der Waals surface area contributed by atoms with E-state index in [-0.39, 0.29) is 43.7 Å². The fourth-order valence-corrected chi connectivity index (χ4v) is 3.36. The summed E-state index contributed by atoms with van der Waals surface area (Å²) in [6.45, 7) is 0.282. The van der Waals surface area contributed by atoms with Gasteiger partial charge in [0.05, 0.1) is 0 Å². The summed E-state index contributed by atoms with van der Waals surface area (Å²) in [6, 6.07) is 5.92. The van der Waals surface area contributed by atoms with Gasteiger partial charge in [0.15, 0.2) is 0 Å². The highest BCUT2D eigenvalue weighted by Gasteiger charge is 2.23. The van der Waals surface area contributed by atoms with Gasteiger partial charge in [-0.2, -0.15) is 0 Å². The smallest absolute Gasteiger partial charge is 0.326 e. The van der Waals surface area contributed by atoms with Crippen molar-refractivity contribution in [3.05, 3.63) is 45.6 Å². The summed E-state index contributed by atoms with van der Waals surface area (Å²) in [4.78, 5) is 59.4. The van der Waals surface area contributed by atoms with E-state index >= 15 is 0 Å². The first-order valence-corrected chi connectivity index (χ1v) is 10.5. The SMILES string of the molecule is O=C(CCNC(=O)c1cccc(I)c1)N[C@@H](CCCCN1C(=O)C=CC1=O)C(=O)O. The molecule has 3 N–H and O–H groups in total. The average molecular weight is 527 g/mol. The van der Waals surface area contributed by atoms with Gasteiger partial charge in [-0.3, -0.25) is 24.1 Å². The van der Waals surface area contributed by atoms with Crippen molar-refractivity contribution in [3.63, 3.8) is 0 Å². The van der Waals surface area contributed by atoms with Crippen LogP contribution in [0.3, 0.4) is 0 Å². The zero-order valence-electron chi connectivity index (χ0n) is 16.1. The largest absolute Gasteiger partial charge is 0.480 e. The highest BCUT2D eigenvalue weighted by atomic mass is 127. The van der Waals surface area contributed by atoms with Gasteiger partial charge in [-0.05, 0) is 60.1 Å². The second-order valence-electron chi connectivity index (χ2n) is 6.63. The van der Waals surface area contributed by atoms with Crippen LogP contribution in [0, 0.1) is 3.57 Å². The number of hydrogen-bond donors (Lipinski definition) is 3. The lowest BCUT2D eigenvalue weighted by Crippen LogP contribution is -2.42. The molecule has 1 atom stereocenters. The fourth-order valence-electron chi connectivity index (χ4n) is 2.82. The predicted octanol–water partition coefficient (Wildman–Crippen LogP) is 1.08. The Balaban J connectivity index is 1.69. The molecule has 0 saturated carbocycles. The molecule has 9 nitrogen and oxygen atoms in total. The Morgan fingerprint density at radius 1 is 1.10 bits per heavy atom. The molecular weight excluding hydrogens is 505 g/mol. The van der Waals surface area contributed by atoms with Crippen molar-refractivity contribution in [2.75, 3.05) is 13.1 Å². The van der Waals surface area contributed by atoms with Gasteiger partial charge in [-0.1, -0.05) is 6.07 Å². The molecule has 1 aliphatic rings. The van der Waals surface area contributed by atoms with Crippen LogP contribution in [-0.2, 0) is 19.2 Å². The Hall–Kier alpha value is -2.76. The van der Waals surface area contributed by atoms with E-state index in [0.717, 1.165) is 8.47 Å². The van der Waals surface area contributed by atoms with Crippen LogP contribution in [0.15, 0.2) is 36.4 Å². The first-order valence-electron chi connectivity index (χ1n) is 9.37. The molecule has 1 heterocycles. The molecule has 160 valence electrons. The van der Waals surface area contributed by atoms with Crippen molar-refractivity contribution in [1.82, 2.24) is 15.5 Å². The molecule has 1 aromatic carbocycles. The van der Waals surface area contributed by atoms with Crippen molar-refractivity contribution in [2.45, 2.75) is 31.7 Å². The zero-order valence-corrected chi connectivity index (χ0v) is 18.3. The highest BCUT2D eigenvalue weighted by Crippen LogP contribution is 2.09. The minimum absolute atomic E-state index is 0.0537. The van der Waals surface area contributed by atoms with Crippen LogP contribution in [0.4, 0.5) is 0 Å². The molecule has 0 saturated heterocycles. The van der Waals surface area contributed by atoms with E-state index in [1.54, 1.807) is 18.2 Å². The Kier molecular flexibility index (Phi) is 8.96. The number of carboxylic acids is 1. The maximum Gasteiger partial charge on any atom is 0.326 e. The first kappa shape index (κ1) is 23.5. The monoisotopic (exact) mass is 527 g/mol. The van der Waals surface area contributed by atoms with Gasteiger partial charge in [-0.25, -0.2) is 4.79 Å². The van der Waals surface area contributed by atoms with Gasteiger partial charge < -0.3 is 15.7 Å². The lowest BCUT2D eigenvalue weighted by atomic mass is 10.1. The molecule has 0 spiro atoms. The minimum Gasteiger partial charge on any atom is -0.480 e. The number of unbranched alkanes of at least 4 members (excludes halogenated alkanes) is 1. The third kappa shape index (κ3) is 7.25. The topological polar surface area (TPSA) is 133 Å². The van der Waals surface area contributed by atoms with Crippen LogP contribution >= 0.6 is 22.6 Å². The van der Waals surface area contributed by atoms with E-state index in [1.165, 1.54) is 12.2 Å². The summed E-state index contributed by atoms with van der Waals surface area (Å²) >= 11 is 2.09. The molecule has 0 aliphatic carbocycles. The normalized spacial score (nSPS) is 14.0. The molecule has 1 aliphatic heterocycles. The van der Waals surface area contributed by atoms with Crippen LogP contribution in [0.2, 0.25) is 0 Å². The van der Waals surface area contributed by atoms with E-state index in [1.807, 2.05) is 6.07 Å². The number of nitrogens with one attached hydrogen (secondary N) is 2. The number of imide groups is 1. The van der Waals surface area contributed by atoms with Gasteiger partial charge in [0, 0.05) is 40.8 Å². The van der Waals surface area contributed by atoms with Gasteiger partial charge >= 0.3 is 5.97 Å². The number of carbonyl (C=O) groups excluding carboxylic acids is 4. The number of carboxylic acid groups (broad SMARTS) is 1. The number of amides is 4. The first-order chi connectivity index (χ1) is 14.3. The molecule has 0 aromatic heterocycles. The van der Waals surface area contributed by atoms with Gasteiger partial charge in [-0.15, -0.1) is 0 Å². The lowest BCUT2D eigenvalue weighted by molar-refractivity contribution is -0.142. The van der Waals surface area contributed by atoms with Crippen LogP contribution in [-0.4, -0.2) is 58.7 Å². The summed E-state index contributed by atoms with van der Waals surface area (Å²) in [6.07, 6.45) is 3.35. The number of rotatable bonds is 11. The fraction of sp³-hybridized carbons (Fsp3) is 0.350. The van der Waals surface area contributed by atoms with Crippen molar-refractivity contribution in [2.24, 2.45) is 0 Å². The Morgan fingerprint density at radius 2 is 1.80 bits per heavy atom. The van der Waals surface area contributed by atoms with E-state index in [2.05, 4.69) is 33.2 Å². The summed E-state index contributed by atoms with van der Waals surface area (Å²) in [5, 5.41) is 14.4. The molecule has 2 rings (SSSR count). The van der Waals surface area contributed by atoms with Gasteiger partial charge in [0.25, 0.3) is 17.7 Å². The van der Waals surface area contributed by atoms with E-state index in [0.29, 0.717) is 18.4 Å². The number of benzene rings is 1. The number of halogens is 1. The number of carbonyl (C=O) groups is 5. The lowest BCUT2D eigenvalue weighted by Gasteiger charge is -2.16. The summed E-state index contributed by atoms with van der Waals surface area (Å²) in [5.74, 6) is -2.72. The third-order valence-corrected chi connectivity index (χ3v) is 5.05. The average Bonchev–Trinajstić information content (AvgIpc) is 3.01. The predicted molar refractivity (Wildman–Crippen MR) is 115 cm³/mol. The second kappa shape index (κ2) is 11.4. The molecule has 0 fully saturated rings. The van der Waals surface area contributed by atoms with Crippen molar-refractivity contribution < 1.29 is 29.1 Å². The Morgan fingerprint density at radius 3 is 2.43 bits per heavy atom. The standard InChI is InChI=1S/C20H22IN3O6/c21-14-5-3-4-13(12-14)19(28)22-10-9-16(25)23-15(20(29)30)6-1-2-11-24-17(26)7-8-18(24)27/h3-5,7-8,12,15H,1-2,6,9-11H2,(H,22,28)(H,23,25)(H,29,30)/t15-/m0/s1. The molecule has 1 aromatic rings. The van der Waals surface area contributed by atoms with Crippen LogP contribution in [0.1, 0.15) is 36.0 Å². The third-order valence-electron chi connectivity index (χ3n) is 4.38. The van der Waals surface area contributed by atoms with Crippen LogP contribution < -0.4 is 10.6 Å². The second-order valence-corrected chi connectivity index (χ2v) is 7.88. The number of hydrogen-bond acceptors (Lipinski definition) is 5. The van der Waals surface area contributed by atoms with Crippen molar-refractivity contribution in [1.29, 1.82) is 0 Å². The van der Waals surface area contributed by atoms with Crippen molar-refractivity contribution >= 4 is 52.2 Å². The van der Waals surface area contributed by atoms with Gasteiger partial charge in [0.2, 0.25) is 5.91 Å². The van der Waals surface area contributed by atoms with E-state index in [9.17, 15) is 29.1 Å². The summed E-state index contributed by atoms with van der Waals surface area (Å²) in [5.41, 5.74) is 0.482. The Bertz CT molecular complexity index is 852. The highest BCUT2D eigenvalue weighted by molar-refractivity contribution is 14.1. The molecule has 10 heteroatoms. The van der Waals surface area contributed by atoms with Crippen molar-refractivity contribution in [3.8, 4) is 0 Å². The molecular formula is C20H22IN3O6. The van der Waals surface area contributed by atoms with E-state index in [4.69, 9.17) is 0 Å². The van der Waals surface area contributed by atoms with Crippen LogP contribution in [0.5, 0.6) is 0 Å². The summed E-state index contributed by atoms with van der Waals surface area (Å²) < 4.78 is 0.914. The zero-order chi connectivity index (χ0) is 22.1. The molecule has 0 radical (unpaired) electrons. The molecule has 0 unspecified atom stereocenters.